The second-order valence-electron chi connectivity index (χ2n) is 8.25. The van der Waals surface area contributed by atoms with Crippen molar-refractivity contribution < 1.29 is 9.59 Å². The van der Waals surface area contributed by atoms with Crippen LogP contribution in [0.2, 0.25) is 0 Å². The van der Waals surface area contributed by atoms with Crippen LogP contribution in [0.1, 0.15) is 39.4 Å². The van der Waals surface area contributed by atoms with Gasteiger partial charge in [-0.2, -0.15) is 5.10 Å². The van der Waals surface area contributed by atoms with E-state index in [1.165, 1.54) is 0 Å². The Kier molecular flexibility index (Phi) is 3.77. The first kappa shape index (κ1) is 17.9. The van der Waals surface area contributed by atoms with Crippen molar-refractivity contribution in [3.05, 3.63) is 77.9 Å². The fourth-order valence-electron chi connectivity index (χ4n) is 4.29. The van der Waals surface area contributed by atoms with Gasteiger partial charge in [0, 0.05) is 18.1 Å². The van der Waals surface area contributed by atoms with Gasteiger partial charge >= 0.3 is 0 Å². The predicted octanol–water partition coefficient (Wildman–Crippen LogP) is 2.77. The molecule has 1 aromatic carbocycles. The summed E-state index contributed by atoms with van der Waals surface area (Å²) in [4.78, 5) is 29.8. The number of carbonyl (C=O) groups excluding carboxylic acids is 2. The van der Waals surface area contributed by atoms with E-state index >= 15 is 0 Å². The molecule has 1 aliphatic heterocycles. The van der Waals surface area contributed by atoms with Gasteiger partial charge in [0.15, 0.2) is 0 Å². The first-order chi connectivity index (χ1) is 15.1. The number of pyridine rings is 1. The number of hydrogen-bond donors (Lipinski definition) is 2. The van der Waals surface area contributed by atoms with Crippen molar-refractivity contribution in [1.29, 1.82) is 0 Å². The van der Waals surface area contributed by atoms with Gasteiger partial charge in [-0.3, -0.25) is 14.3 Å². The molecule has 2 N–H and O–H groups in total. The van der Waals surface area contributed by atoms with Gasteiger partial charge in [-0.05, 0) is 36.6 Å². The zero-order valence-corrected chi connectivity index (χ0v) is 16.7. The van der Waals surface area contributed by atoms with E-state index in [4.69, 9.17) is 0 Å². The lowest BCUT2D eigenvalue weighted by Gasteiger charge is -2.26. The van der Waals surface area contributed by atoms with Gasteiger partial charge in [0.2, 0.25) is 0 Å². The molecule has 0 atom stereocenters. The van der Waals surface area contributed by atoms with Crippen LogP contribution < -0.4 is 10.6 Å². The second kappa shape index (κ2) is 6.53. The molecule has 8 heteroatoms. The van der Waals surface area contributed by atoms with Gasteiger partial charge in [0.25, 0.3) is 11.8 Å². The minimum absolute atomic E-state index is 0.0904. The Morgan fingerprint density at radius 3 is 2.81 bits per heavy atom. The molecule has 8 nitrogen and oxygen atoms in total. The number of fused-ring (bicyclic) bond motifs is 4. The Hall–Kier alpha value is -3.94. The van der Waals surface area contributed by atoms with Crippen LogP contribution in [0.4, 0.5) is 5.69 Å². The Balaban J connectivity index is 1.26. The van der Waals surface area contributed by atoms with Crippen molar-refractivity contribution in [3.8, 4) is 0 Å². The summed E-state index contributed by atoms with van der Waals surface area (Å²) in [6, 6.07) is 15.4. The summed E-state index contributed by atoms with van der Waals surface area (Å²) in [6.07, 6.45) is 5.43. The molecule has 1 aliphatic carbocycles. The zero-order chi connectivity index (χ0) is 21.0. The first-order valence-electron chi connectivity index (χ1n) is 10.3. The molecule has 0 saturated heterocycles. The monoisotopic (exact) mass is 412 g/mol. The fourth-order valence-corrected chi connectivity index (χ4v) is 4.29. The quantitative estimate of drug-likeness (QED) is 0.539. The van der Waals surface area contributed by atoms with Gasteiger partial charge in [0.1, 0.15) is 17.0 Å². The Bertz CT molecular complexity index is 1330. The highest BCUT2D eigenvalue weighted by molar-refractivity contribution is 6.05. The fraction of sp³-hybridized carbons (Fsp3) is 0.217. The lowest BCUT2D eigenvalue weighted by Crippen LogP contribution is -2.43. The Morgan fingerprint density at radius 2 is 2.00 bits per heavy atom. The first-order valence-corrected chi connectivity index (χ1v) is 10.3. The van der Waals surface area contributed by atoms with Crippen LogP contribution in [0.3, 0.4) is 0 Å². The van der Waals surface area contributed by atoms with Crippen LogP contribution in [0.15, 0.2) is 60.9 Å². The number of rotatable bonds is 4. The number of benzene rings is 1. The van der Waals surface area contributed by atoms with Crippen LogP contribution >= 0.6 is 0 Å². The predicted molar refractivity (Wildman–Crippen MR) is 115 cm³/mol. The lowest BCUT2D eigenvalue weighted by atomic mass is 10.2. The normalized spacial score (nSPS) is 16.2. The van der Waals surface area contributed by atoms with E-state index < -0.39 is 0 Å². The Labute approximate surface area is 177 Å². The molecule has 1 spiro atoms. The molecule has 31 heavy (non-hydrogen) atoms. The van der Waals surface area contributed by atoms with E-state index in [9.17, 15) is 9.59 Å². The maximum absolute atomic E-state index is 12.9. The highest BCUT2D eigenvalue weighted by Gasteiger charge is 2.50. The van der Waals surface area contributed by atoms with Crippen LogP contribution in [0.5, 0.6) is 0 Å². The summed E-state index contributed by atoms with van der Waals surface area (Å²) >= 11 is 0. The molecular weight excluding hydrogens is 392 g/mol. The topological polar surface area (TPSA) is 93.8 Å². The highest BCUT2D eigenvalue weighted by atomic mass is 16.2. The second-order valence-corrected chi connectivity index (χ2v) is 8.25. The summed E-state index contributed by atoms with van der Waals surface area (Å²) in [5.74, 6) is -0.394. The third kappa shape index (κ3) is 2.99. The summed E-state index contributed by atoms with van der Waals surface area (Å²) in [6.45, 7) is 1.24. The molecule has 1 saturated carbocycles. The van der Waals surface area contributed by atoms with Gasteiger partial charge in [-0.25, -0.2) is 4.98 Å². The standard InChI is InChI=1S/C23H20N6O2/c30-21(26-17-11-25-28(13-17)12-15-4-2-1-3-5-15)18-7-6-16-10-19-22(31)24-14-23(8-9-23)29(19)20(16)27-18/h1-7,10-11,13H,8-9,12,14H2,(H,24,31)(H,26,30). The number of nitrogens with zero attached hydrogens (tertiary/aromatic N) is 4. The number of nitrogens with one attached hydrogen (secondary N) is 2. The minimum Gasteiger partial charge on any atom is -0.348 e. The third-order valence-corrected chi connectivity index (χ3v) is 6.07. The molecule has 4 aromatic rings. The molecule has 0 bridgehead atoms. The minimum atomic E-state index is -0.304. The van der Waals surface area contributed by atoms with Gasteiger partial charge in [-0.1, -0.05) is 30.3 Å². The van der Waals surface area contributed by atoms with Crippen molar-refractivity contribution in [2.75, 3.05) is 11.9 Å². The van der Waals surface area contributed by atoms with Crippen molar-refractivity contribution in [2.45, 2.75) is 24.9 Å². The molecule has 6 rings (SSSR count). The molecule has 2 amide bonds. The molecule has 0 radical (unpaired) electrons. The summed E-state index contributed by atoms with van der Waals surface area (Å²) in [5, 5.41) is 11.0. The maximum Gasteiger partial charge on any atom is 0.274 e. The maximum atomic E-state index is 12.9. The van der Waals surface area contributed by atoms with Crippen LogP contribution in [0, 0.1) is 0 Å². The van der Waals surface area contributed by atoms with E-state index in [-0.39, 0.29) is 17.4 Å². The molecule has 2 aliphatic rings. The highest BCUT2D eigenvalue weighted by Crippen LogP contribution is 2.47. The number of hydrogen-bond acceptors (Lipinski definition) is 4. The zero-order valence-electron chi connectivity index (χ0n) is 16.7. The summed E-state index contributed by atoms with van der Waals surface area (Å²) in [7, 11) is 0. The van der Waals surface area contributed by atoms with E-state index in [2.05, 4.69) is 20.7 Å². The largest absolute Gasteiger partial charge is 0.348 e. The molecule has 4 heterocycles. The van der Waals surface area contributed by atoms with Gasteiger partial charge in [0.05, 0.1) is 24.0 Å². The average molecular weight is 412 g/mol. The van der Waals surface area contributed by atoms with Crippen molar-refractivity contribution in [3.63, 3.8) is 0 Å². The SMILES string of the molecule is O=C(Nc1cnn(Cc2ccccc2)c1)c1ccc2cc3n(c2n1)C1(CC1)CNC3=O. The smallest absolute Gasteiger partial charge is 0.274 e. The molecular formula is C23H20N6O2. The number of anilines is 1. The van der Waals surface area contributed by atoms with Gasteiger partial charge in [-0.15, -0.1) is 0 Å². The van der Waals surface area contributed by atoms with Crippen LogP contribution in [-0.4, -0.2) is 37.7 Å². The Morgan fingerprint density at radius 1 is 1.16 bits per heavy atom. The van der Waals surface area contributed by atoms with Crippen molar-refractivity contribution >= 4 is 28.5 Å². The molecule has 0 unspecified atom stereocenters. The third-order valence-electron chi connectivity index (χ3n) is 6.07. The molecule has 3 aromatic heterocycles. The van der Waals surface area contributed by atoms with Crippen molar-refractivity contribution in [2.24, 2.45) is 0 Å². The van der Waals surface area contributed by atoms with E-state index in [0.29, 0.717) is 35.8 Å². The summed E-state index contributed by atoms with van der Waals surface area (Å²) in [5.41, 5.74) is 3.27. The number of amides is 2. The van der Waals surface area contributed by atoms with E-state index in [0.717, 1.165) is 23.8 Å². The number of carbonyl (C=O) groups is 2. The van der Waals surface area contributed by atoms with E-state index in [1.54, 1.807) is 23.1 Å². The average Bonchev–Trinajstić information content (AvgIpc) is 3.23. The lowest BCUT2D eigenvalue weighted by molar-refractivity contribution is 0.0910. The molecule has 154 valence electrons. The van der Waals surface area contributed by atoms with Crippen LogP contribution in [-0.2, 0) is 12.1 Å². The van der Waals surface area contributed by atoms with Gasteiger partial charge < -0.3 is 15.2 Å². The van der Waals surface area contributed by atoms with Crippen LogP contribution in [0.25, 0.3) is 11.0 Å². The molecule has 1 fully saturated rings. The number of aromatic nitrogens is 4. The van der Waals surface area contributed by atoms with E-state index in [1.807, 2.05) is 47.0 Å². The summed E-state index contributed by atoms with van der Waals surface area (Å²) < 4.78 is 3.80. The van der Waals surface area contributed by atoms with Crippen molar-refractivity contribution in [1.82, 2.24) is 24.6 Å².